The van der Waals surface area contributed by atoms with Gasteiger partial charge in [-0.1, -0.05) is 12.1 Å². The molecule has 7 heteroatoms. The number of fused-ring (bicyclic) bond motifs is 1. The lowest BCUT2D eigenvalue weighted by Gasteiger charge is -2.34. The molecule has 0 radical (unpaired) electrons. The molecule has 1 aliphatic heterocycles. The number of para-hydroxylation sites is 2. The summed E-state index contributed by atoms with van der Waals surface area (Å²) in [6, 6.07) is 12.4. The molecule has 0 atom stereocenters. The van der Waals surface area contributed by atoms with Crippen molar-refractivity contribution in [1.82, 2.24) is 4.98 Å². The third-order valence-electron chi connectivity index (χ3n) is 5.77. The number of ether oxygens (including phenoxy) is 1. The quantitative estimate of drug-likeness (QED) is 0.679. The van der Waals surface area contributed by atoms with E-state index in [1.807, 2.05) is 25.1 Å². The predicted octanol–water partition coefficient (Wildman–Crippen LogP) is 4.42. The Morgan fingerprint density at radius 1 is 1.29 bits per heavy atom. The highest BCUT2D eigenvalue weighted by Gasteiger charge is 2.28. The number of nitriles is 1. The molecule has 158 valence electrons. The second-order valence-corrected chi connectivity index (χ2v) is 7.70. The first-order valence-electron chi connectivity index (χ1n) is 10.2. The molecule has 6 nitrogen and oxygen atoms in total. The molecule has 0 spiro atoms. The second kappa shape index (κ2) is 8.60. The van der Waals surface area contributed by atoms with Gasteiger partial charge in [-0.15, -0.1) is 0 Å². The van der Waals surface area contributed by atoms with Crippen LogP contribution >= 0.6 is 0 Å². The molecule has 1 saturated heterocycles. The highest BCUT2D eigenvalue weighted by Crippen LogP contribution is 2.34. The average Bonchev–Trinajstić information content (AvgIpc) is 2.78. The van der Waals surface area contributed by atoms with E-state index in [1.54, 1.807) is 19.4 Å². The van der Waals surface area contributed by atoms with Crippen LogP contribution in [-0.4, -0.2) is 31.1 Å². The average molecular weight is 418 g/mol. The van der Waals surface area contributed by atoms with Crippen LogP contribution < -0.4 is 15.0 Å². The Bertz CT molecular complexity index is 1180. The zero-order valence-electron chi connectivity index (χ0n) is 17.5. The number of carbonyl (C=O) groups is 1. The Morgan fingerprint density at radius 3 is 2.74 bits per heavy atom. The summed E-state index contributed by atoms with van der Waals surface area (Å²) >= 11 is 0. The Hall–Kier alpha value is -3.66. The summed E-state index contributed by atoms with van der Waals surface area (Å²) in [5.41, 5.74) is 3.17. The zero-order valence-corrected chi connectivity index (χ0v) is 17.5. The summed E-state index contributed by atoms with van der Waals surface area (Å²) in [4.78, 5) is 19.2. The van der Waals surface area contributed by atoms with Crippen molar-refractivity contribution in [3.63, 3.8) is 0 Å². The van der Waals surface area contributed by atoms with Gasteiger partial charge in [0.05, 0.1) is 29.6 Å². The smallest absolute Gasteiger partial charge is 0.227 e. The maximum atomic E-state index is 14.1. The standard InChI is InChI=1S/C24H23FN4O2/c1-15-11-18(25)12-19-22(15)27-14-17(13-26)23(19)29-9-7-16(8-10-29)24(30)28-20-5-3-4-6-21(20)31-2/h3-6,11-12,14,16H,7-10H2,1-2H3,(H,28,30). The van der Waals surface area contributed by atoms with Gasteiger partial charge in [-0.2, -0.15) is 5.26 Å². The van der Waals surface area contributed by atoms with Gasteiger partial charge >= 0.3 is 0 Å². The maximum Gasteiger partial charge on any atom is 0.227 e. The number of aromatic nitrogens is 1. The largest absolute Gasteiger partial charge is 0.495 e. The predicted molar refractivity (Wildman–Crippen MR) is 118 cm³/mol. The molecule has 2 heterocycles. The molecular weight excluding hydrogens is 395 g/mol. The lowest BCUT2D eigenvalue weighted by Crippen LogP contribution is -2.38. The number of hydrogen-bond acceptors (Lipinski definition) is 5. The number of carbonyl (C=O) groups excluding carboxylic acids is 1. The van der Waals surface area contributed by atoms with E-state index in [9.17, 15) is 14.4 Å². The van der Waals surface area contributed by atoms with Gasteiger partial charge in [-0.3, -0.25) is 9.78 Å². The molecule has 1 N–H and O–H groups in total. The minimum absolute atomic E-state index is 0.0499. The molecule has 2 aromatic carbocycles. The van der Waals surface area contributed by atoms with Gasteiger partial charge in [0.2, 0.25) is 5.91 Å². The fraction of sp³-hybridized carbons (Fsp3) is 0.292. The number of rotatable bonds is 4. The van der Waals surface area contributed by atoms with Crippen LogP contribution in [0.5, 0.6) is 5.75 Å². The Morgan fingerprint density at radius 2 is 2.03 bits per heavy atom. The van der Waals surface area contributed by atoms with E-state index >= 15 is 0 Å². The van der Waals surface area contributed by atoms with Gasteiger partial charge in [0.1, 0.15) is 17.6 Å². The van der Waals surface area contributed by atoms with E-state index < -0.39 is 0 Å². The van der Waals surface area contributed by atoms with Crippen molar-refractivity contribution in [2.75, 3.05) is 30.4 Å². The molecule has 3 aromatic rings. The van der Waals surface area contributed by atoms with Crippen LogP contribution in [0.1, 0.15) is 24.0 Å². The Labute approximate surface area is 180 Å². The molecule has 1 aromatic heterocycles. The minimum atomic E-state index is -0.353. The fourth-order valence-corrected chi connectivity index (χ4v) is 4.19. The maximum absolute atomic E-state index is 14.1. The fourth-order valence-electron chi connectivity index (χ4n) is 4.19. The van der Waals surface area contributed by atoms with Gasteiger partial charge in [0.25, 0.3) is 0 Å². The van der Waals surface area contributed by atoms with Crippen molar-refractivity contribution in [3.05, 3.63) is 59.5 Å². The third-order valence-corrected chi connectivity index (χ3v) is 5.77. The highest BCUT2D eigenvalue weighted by molar-refractivity contribution is 5.97. The number of methoxy groups -OCH3 is 1. The zero-order chi connectivity index (χ0) is 22.0. The summed E-state index contributed by atoms with van der Waals surface area (Å²) in [7, 11) is 1.57. The summed E-state index contributed by atoms with van der Waals surface area (Å²) < 4.78 is 19.4. The van der Waals surface area contributed by atoms with Crippen LogP contribution in [0.2, 0.25) is 0 Å². The number of aryl methyl sites for hydroxylation is 1. The number of piperidine rings is 1. The lowest BCUT2D eigenvalue weighted by molar-refractivity contribution is -0.120. The van der Waals surface area contributed by atoms with Crippen molar-refractivity contribution >= 4 is 28.2 Å². The van der Waals surface area contributed by atoms with E-state index in [-0.39, 0.29) is 17.6 Å². The number of halogens is 1. The number of benzene rings is 2. The number of pyridine rings is 1. The van der Waals surface area contributed by atoms with Crippen LogP contribution in [0.25, 0.3) is 10.9 Å². The van der Waals surface area contributed by atoms with Crippen molar-refractivity contribution in [3.8, 4) is 11.8 Å². The summed E-state index contributed by atoms with van der Waals surface area (Å²) in [6.45, 7) is 2.99. The molecule has 0 saturated carbocycles. The minimum Gasteiger partial charge on any atom is -0.495 e. The number of nitrogens with zero attached hydrogens (tertiary/aromatic N) is 3. The van der Waals surface area contributed by atoms with E-state index in [1.165, 1.54) is 12.1 Å². The molecular formula is C24H23FN4O2. The first-order chi connectivity index (χ1) is 15.0. The van der Waals surface area contributed by atoms with Crippen LogP contribution in [0.3, 0.4) is 0 Å². The Kier molecular flexibility index (Phi) is 5.72. The molecule has 0 bridgehead atoms. The number of hydrogen-bond donors (Lipinski definition) is 1. The summed E-state index contributed by atoms with van der Waals surface area (Å²) in [5, 5.41) is 13.2. The third kappa shape index (κ3) is 4.02. The van der Waals surface area contributed by atoms with Crippen molar-refractivity contribution in [1.29, 1.82) is 5.26 Å². The molecule has 4 rings (SSSR count). The topological polar surface area (TPSA) is 78.2 Å². The van der Waals surface area contributed by atoms with Crippen LogP contribution in [0, 0.1) is 30.0 Å². The van der Waals surface area contributed by atoms with E-state index in [2.05, 4.69) is 21.3 Å². The van der Waals surface area contributed by atoms with Gasteiger partial charge in [-0.05, 0) is 49.6 Å². The van der Waals surface area contributed by atoms with Crippen LogP contribution in [0.15, 0.2) is 42.6 Å². The van der Waals surface area contributed by atoms with Crippen molar-refractivity contribution in [2.45, 2.75) is 19.8 Å². The molecule has 1 fully saturated rings. The number of amides is 1. The van der Waals surface area contributed by atoms with Gasteiger partial charge < -0.3 is 15.0 Å². The number of nitrogens with one attached hydrogen (secondary N) is 1. The second-order valence-electron chi connectivity index (χ2n) is 7.70. The summed E-state index contributed by atoms with van der Waals surface area (Å²) in [5.74, 6) is 0.0613. The first-order valence-corrected chi connectivity index (χ1v) is 10.2. The molecule has 31 heavy (non-hydrogen) atoms. The Balaban J connectivity index is 1.55. The lowest BCUT2D eigenvalue weighted by atomic mass is 9.94. The van der Waals surface area contributed by atoms with Crippen molar-refractivity contribution < 1.29 is 13.9 Å². The normalized spacial score (nSPS) is 14.3. The molecule has 0 aliphatic carbocycles. The van der Waals surface area contributed by atoms with E-state index in [0.29, 0.717) is 59.5 Å². The van der Waals surface area contributed by atoms with Crippen molar-refractivity contribution in [2.24, 2.45) is 5.92 Å². The molecule has 0 unspecified atom stereocenters. The van der Waals surface area contributed by atoms with Crippen LogP contribution in [-0.2, 0) is 4.79 Å². The van der Waals surface area contributed by atoms with Gasteiger partial charge in [-0.25, -0.2) is 4.39 Å². The molecule has 1 aliphatic rings. The van der Waals surface area contributed by atoms with Gasteiger partial charge in [0, 0.05) is 30.6 Å². The van der Waals surface area contributed by atoms with E-state index in [4.69, 9.17) is 4.74 Å². The van der Waals surface area contributed by atoms with Gasteiger partial charge in [0.15, 0.2) is 0 Å². The highest BCUT2D eigenvalue weighted by atomic mass is 19.1. The van der Waals surface area contributed by atoms with E-state index in [0.717, 1.165) is 5.56 Å². The summed E-state index contributed by atoms with van der Waals surface area (Å²) in [6.07, 6.45) is 2.80. The molecule has 1 amide bonds. The first kappa shape index (κ1) is 20.6. The monoisotopic (exact) mass is 418 g/mol. The number of anilines is 2. The van der Waals surface area contributed by atoms with Crippen LogP contribution in [0.4, 0.5) is 15.8 Å². The SMILES string of the molecule is COc1ccccc1NC(=O)C1CCN(c2c(C#N)cnc3c(C)cc(F)cc23)CC1.